The van der Waals surface area contributed by atoms with Crippen molar-refractivity contribution in [1.82, 2.24) is 10.2 Å². The van der Waals surface area contributed by atoms with Crippen LogP contribution < -0.4 is 5.32 Å². The van der Waals surface area contributed by atoms with Crippen molar-refractivity contribution in [3.63, 3.8) is 0 Å². The van der Waals surface area contributed by atoms with Crippen LogP contribution in [0.15, 0.2) is 30.3 Å². The fourth-order valence-electron chi connectivity index (χ4n) is 3.60. The monoisotopic (exact) mass is 272 g/mol. The second kappa shape index (κ2) is 4.58. The van der Waals surface area contributed by atoms with Crippen LogP contribution in [0.1, 0.15) is 17.8 Å². The number of thiophene rings is 1. The maximum atomic E-state index is 3.52. The molecule has 4 rings (SSSR count). The normalized spacial score (nSPS) is 28.9. The van der Waals surface area contributed by atoms with Crippen LogP contribution in [0.4, 0.5) is 0 Å². The first kappa shape index (κ1) is 11.9. The largest absolute Gasteiger partial charge is 0.316 e. The third kappa shape index (κ3) is 2.00. The van der Waals surface area contributed by atoms with Crippen LogP contribution in [0.25, 0.3) is 10.1 Å². The van der Waals surface area contributed by atoms with Crippen molar-refractivity contribution in [2.24, 2.45) is 11.8 Å². The number of hydrogen-bond donors (Lipinski definition) is 1. The zero-order valence-electron chi connectivity index (χ0n) is 11.3. The molecule has 0 aliphatic carbocycles. The van der Waals surface area contributed by atoms with E-state index in [0.29, 0.717) is 6.04 Å². The van der Waals surface area contributed by atoms with Crippen molar-refractivity contribution in [2.45, 2.75) is 13.0 Å². The molecule has 2 nitrogen and oxygen atoms in total. The molecule has 0 amide bonds. The molecule has 1 aromatic carbocycles. The maximum absolute atomic E-state index is 3.52. The molecule has 0 saturated carbocycles. The molecular formula is C16H20N2S. The van der Waals surface area contributed by atoms with Crippen LogP contribution in [0, 0.1) is 11.8 Å². The van der Waals surface area contributed by atoms with E-state index in [-0.39, 0.29) is 0 Å². The first-order valence-corrected chi connectivity index (χ1v) is 8.06. The first-order valence-electron chi connectivity index (χ1n) is 7.24. The molecule has 0 radical (unpaired) electrons. The highest BCUT2D eigenvalue weighted by Crippen LogP contribution is 2.37. The van der Waals surface area contributed by atoms with Crippen LogP contribution in [0.3, 0.4) is 0 Å². The van der Waals surface area contributed by atoms with Gasteiger partial charge in [-0.05, 0) is 49.4 Å². The molecule has 1 aromatic heterocycles. The van der Waals surface area contributed by atoms with Crippen molar-refractivity contribution in [3.8, 4) is 0 Å². The van der Waals surface area contributed by atoms with Crippen LogP contribution in [0.2, 0.25) is 0 Å². The zero-order valence-corrected chi connectivity index (χ0v) is 12.1. The van der Waals surface area contributed by atoms with Gasteiger partial charge in [-0.3, -0.25) is 4.90 Å². The number of likely N-dealkylation sites (tertiary alicyclic amines) is 1. The summed E-state index contributed by atoms with van der Waals surface area (Å²) in [5.74, 6) is 1.77. The molecule has 1 unspecified atom stereocenters. The lowest BCUT2D eigenvalue weighted by Crippen LogP contribution is -2.28. The van der Waals surface area contributed by atoms with E-state index in [2.05, 4.69) is 47.5 Å². The molecule has 1 N–H and O–H groups in total. The summed E-state index contributed by atoms with van der Waals surface area (Å²) in [7, 11) is 0. The molecule has 19 heavy (non-hydrogen) atoms. The Morgan fingerprint density at radius 1 is 1.21 bits per heavy atom. The predicted octanol–water partition coefficient (Wildman–Crippen LogP) is 3.11. The van der Waals surface area contributed by atoms with Gasteiger partial charge in [-0.2, -0.15) is 0 Å². The summed E-state index contributed by atoms with van der Waals surface area (Å²) in [6.45, 7) is 7.36. The highest BCUT2D eigenvalue weighted by atomic mass is 32.1. The summed E-state index contributed by atoms with van der Waals surface area (Å²) < 4.78 is 1.42. The fraction of sp³-hybridized carbons (Fsp3) is 0.500. The topological polar surface area (TPSA) is 15.3 Å². The third-order valence-electron chi connectivity index (χ3n) is 4.82. The molecule has 0 bridgehead atoms. The molecule has 2 aliphatic rings. The number of nitrogens with one attached hydrogen (secondary N) is 1. The van der Waals surface area contributed by atoms with E-state index in [4.69, 9.17) is 0 Å². The van der Waals surface area contributed by atoms with E-state index in [0.717, 1.165) is 11.8 Å². The Morgan fingerprint density at radius 3 is 2.68 bits per heavy atom. The minimum absolute atomic E-state index is 0.572. The van der Waals surface area contributed by atoms with Gasteiger partial charge in [0.1, 0.15) is 0 Å². The van der Waals surface area contributed by atoms with E-state index < -0.39 is 0 Å². The first-order chi connectivity index (χ1) is 9.31. The van der Waals surface area contributed by atoms with E-state index in [9.17, 15) is 0 Å². The van der Waals surface area contributed by atoms with E-state index in [1.165, 1.54) is 41.1 Å². The highest BCUT2D eigenvalue weighted by molar-refractivity contribution is 7.19. The molecule has 2 aromatic rings. The average Bonchev–Trinajstić information content (AvgIpc) is 3.10. The van der Waals surface area contributed by atoms with Crippen molar-refractivity contribution >= 4 is 21.4 Å². The molecule has 2 aliphatic heterocycles. The lowest BCUT2D eigenvalue weighted by atomic mass is 10.0. The van der Waals surface area contributed by atoms with Gasteiger partial charge in [-0.15, -0.1) is 11.3 Å². The summed E-state index contributed by atoms with van der Waals surface area (Å²) in [6, 6.07) is 11.7. The number of nitrogens with zero attached hydrogens (tertiary/aromatic N) is 1. The third-order valence-corrected chi connectivity index (χ3v) is 6.11. The van der Waals surface area contributed by atoms with Crippen LogP contribution in [-0.2, 0) is 0 Å². The Hall–Kier alpha value is -0.900. The minimum Gasteiger partial charge on any atom is -0.316 e. The summed E-state index contributed by atoms with van der Waals surface area (Å²) in [5, 5.41) is 4.92. The van der Waals surface area contributed by atoms with E-state index in [1.807, 2.05) is 11.3 Å². The van der Waals surface area contributed by atoms with Crippen molar-refractivity contribution in [1.29, 1.82) is 0 Å². The van der Waals surface area contributed by atoms with Crippen LogP contribution in [-0.4, -0.2) is 31.1 Å². The lowest BCUT2D eigenvalue weighted by Gasteiger charge is -2.24. The van der Waals surface area contributed by atoms with Crippen molar-refractivity contribution in [2.75, 3.05) is 26.2 Å². The second-order valence-corrected chi connectivity index (χ2v) is 7.11. The minimum atomic E-state index is 0.572. The SMILES string of the molecule is CC(c1cc2ccccc2s1)N1C[C@H]2CNC[C@H]2C1. The summed E-state index contributed by atoms with van der Waals surface area (Å²) in [6.07, 6.45) is 0. The fourth-order valence-corrected chi connectivity index (χ4v) is 4.75. The standard InChI is InChI=1S/C16H20N2S/c1-11(18-9-13-7-17-8-14(13)10-18)16-6-12-4-2-3-5-15(12)19-16/h2-6,11,13-14,17H,7-10H2,1H3/t11?,13-,14+. The smallest absolute Gasteiger partial charge is 0.0414 e. The number of rotatable bonds is 2. The van der Waals surface area contributed by atoms with Gasteiger partial charge in [0.05, 0.1) is 0 Å². The Bertz CT molecular complexity index is 546. The van der Waals surface area contributed by atoms with Crippen LogP contribution >= 0.6 is 11.3 Å². The Kier molecular flexibility index (Phi) is 2.87. The zero-order chi connectivity index (χ0) is 12.8. The average molecular weight is 272 g/mol. The maximum Gasteiger partial charge on any atom is 0.0414 e. The van der Waals surface area contributed by atoms with Gasteiger partial charge in [0.2, 0.25) is 0 Å². The molecule has 3 atom stereocenters. The summed E-state index contributed by atoms with van der Waals surface area (Å²) in [5.41, 5.74) is 0. The molecule has 2 fully saturated rings. The number of benzene rings is 1. The number of hydrogen-bond acceptors (Lipinski definition) is 3. The van der Waals surface area contributed by atoms with Gasteiger partial charge in [0, 0.05) is 28.7 Å². The molecule has 2 saturated heterocycles. The Balaban J connectivity index is 1.58. The second-order valence-electron chi connectivity index (χ2n) is 5.99. The molecule has 100 valence electrons. The summed E-state index contributed by atoms with van der Waals surface area (Å²) in [4.78, 5) is 4.20. The molecule has 3 heteroatoms. The van der Waals surface area contributed by atoms with Gasteiger partial charge >= 0.3 is 0 Å². The van der Waals surface area contributed by atoms with Gasteiger partial charge in [0.25, 0.3) is 0 Å². The van der Waals surface area contributed by atoms with Gasteiger partial charge < -0.3 is 5.32 Å². The summed E-state index contributed by atoms with van der Waals surface area (Å²) >= 11 is 1.96. The molecule has 3 heterocycles. The van der Waals surface area contributed by atoms with Gasteiger partial charge in [0.15, 0.2) is 0 Å². The van der Waals surface area contributed by atoms with Gasteiger partial charge in [-0.25, -0.2) is 0 Å². The van der Waals surface area contributed by atoms with Crippen molar-refractivity contribution < 1.29 is 0 Å². The molecular weight excluding hydrogens is 252 g/mol. The highest BCUT2D eigenvalue weighted by Gasteiger charge is 2.38. The van der Waals surface area contributed by atoms with Crippen LogP contribution in [0.5, 0.6) is 0 Å². The van der Waals surface area contributed by atoms with E-state index in [1.54, 1.807) is 0 Å². The Morgan fingerprint density at radius 2 is 1.95 bits per heavy atom. The predicted molar refractivity (Wildman–Crippen MR) is 81.7 cm³/mol. The number of fused-ring (bicyclic) bond motifs is 2. The Labute approximate surface area is 118 Å². The van der Waals surface area contributed by atoms with E-state index >= 15 is 0 Å². The van der Waals surface area contributed by atoms with Gasteiger partial charge in [-0.1, -0.05) is 18.2 Å². The van der Waals surface area contributed by atoms with Crippen molar-refractivity contribution in [3.05, 3.63) is 35.2 Å². The quantitative estimate of drug-likeness (QED) is 0.903. The molecule has 0 spiro atoms. The lowest BCUT2D eigenvalue weighted by molar-refractivity contribution is 0.247.